The summed E-state index contributed by atoms with van der Waals surface area (Å²) in [5.74, 6) is 0. The zero-order valence-electron chi connectivity index (χ0n) is 4.31. The lowest BCUT2D eigenvalue weighted by atomic mass is 9.63. The first-order valence-electron chi connectivity index (χ1n) is 2.75. The van der Waals surface area contributed by atoms with Crippen LogP contribution in [0.15, 0.2) is 0 Å². The van der Waals surface area contributed by atoms with Crippen molar-refractivity contribution in [2.45, 2.75) is 25.6 Å². The summed E-state index contributed by atoms with van der Waals surface area (Å²) in [4.78, 5) is 10.4. The van der Waals surface area contributed by atoms with E-state index in [9.17, 15) is 4.79 Å². The third-order valence-corrected chi connectivity index (χ3v) is 1.25. The molecule has 0 aromatic rings. The standard InChI is InChI=1S/C5H8BO/c7-5-3-1-2-4-6-5/h1-4H2. The Bertz CT molecular complexity index is 72.1. The van der Waals surface area contributed by atoms with E-state index in [0.717, 1.165) is 19.2 Å². The van der Waals surface area contributed by atoms with Crippen molar-refractivity contribution in [2.24, 2.45) is 0 Å². The van der Waals surface area contributed by atoms with E-state index >= 15 is 0 Å². The van der Waals surface area contributed by atoms with Crippen LogP contribution in [0.5, 0.6) is 0 Å². The van der Waals surface area contributed by atoms with E-state index in [1.54, 1.807) is 7.28 Å². The molecule has 1 saturated heterocycles. The minimum absolute atomic E-state index is 0.339. The van der Waals surface area contributed by atoms with Crippen molar-refractivity contribution >= 4 is 13.0 Å². The van der Waals surface area contributed by atoms with Gasteiger partial charge < -0.3 is 4.79 Å². The molecule has 7 heavy (non-hydrogen) atoms. The lowest BCUT2D eigenvalue weighted by Crippen LogP contribution is -2.12. The second-order valence-corrected chi connectivity index (χ2v) is 1.92. The van der Waals surface area contributed by atoms with Gasteiger partial charge in [-0.3, -0.25) is 0 Å². The molecule has 1 radical (unpaired) electrons. The summed E-state index contributed by atoms with van der Waals surface area (Å²) >= 11 is 0. The molecule has 0 atom stereocenters. The molecule has 0 amide bonds. The molecule has 0 aromatic carbocycles. The molecule has 1 aliphatic rings. The maximum Gasteiger partial charge on any atom is 0.202 e. The quantitative estimate of drug-likeness (QED) is 0.407. The van der Waals surface area contributed by atoms with Gasteiger partial charge in [0.25, 0.3) is 0 Å². The van der Waals surface area contributed by atoms with Crippen LogP contribution >= 0.6 is 0 Å². The average molecular weight is 94.9 g/mol. The van der Waals surface area contributed by atoms with Gasteiger partial charge in [0.1, 0.15) is 0 Å². The Morgan fingerprint density at radius 1 is 1.43 bits per heavy atom. The molecule has 0 N–H and O–H groups in total. The van der Waals surface area contributed by atoms with Crippen molar-refractivity contribution in [3.63, 3.8) is 0 Å². The van der Waals surface area contributed by atoms with Crippen molar-refractivity contribution in [3.05, 3.63) is 0 Å². The van der Waals surface area contributed by atoms with Crippen LogP contribution in [-0.2, 0) is 4.79 Å². The molecule has 0 unspecified atom stereocenters. The second kappa shape index (κ2) is 2.15. The minimum atomic E-state index is 0.339. The summed E-state index contributed by atoms with van der Waals surface area (Å²) < 4.78 is 0. The van der Waals surface area contributed by atoms with Gasteiger partial charge >= 0.3 is 0 Å². The molecule has 37 valence electrons. The highest BCUT2D eigenvalue weighted by molar-refractivity contribution is 6.74. The van der Waals surface area contributed by atoms with Gasteiger partial charge in [0.05, 0.1) is 5.68 Å². The summed E-state index contributed by atoms with van der Waals surface area (Å²) in [6, 6.07) is 0. The Balaban J connectivity index is 2.25. The number of hydrogen-bond acceptors (Lipinski definition) is 1. The molecule has 0 bridgehead atoms. The summed E-state index contributed by atoms with van der Waals surface area (Å²) in [5.41, 5.74) is 0.339. The Hall–Kier alpha value is -0.265. The van der Waals surface area contributed by atoms with Crippen molar-refractivity contribution in [1.82, 2.24) is 0 Å². The van der Waals surface area contributed by atoms with Gasteiger partial charge in [0.15, 0.2) is 0 Å². The highest BCUT2D eigenvalue weighted by Gasteiger charge is 2.07. The third-order valence-electron chi connectivity index (χ3n) is 1.25. The monoisotopic (exact) mass is 95.1 g/mol. The summed E-state index contributed by atoms with van der Waals surface area (Å²) in [5, 5.41) is 0. The van der Waals surface area contributed by atoms with Gasteiger partial charge in [-0.05, 0) is 12.8 Å². The SMILES string of the molecule is O=C1[B]CCCC1. The molecule has 0 aromatic heterocycles. The Kier molecular flexibility index (Phi) is 1.50. The van der Waals surface area contributed by atoms with E-state index in [1.807, 2.05) is 0 Å². The van der Waals surface area contributed by atoms with E-state index in [1.165, 1.54) is 6.42 Å². The molecule has 1 heterocycles. The topological polar surface area (TPSA) is 17.1 Å². The zero-order valence-corrected chi connectivity index (χ0v) is 4.31. The highest BCUT2D eigenvalue weighted by Crippen LogP contribution is 2.06. The number of carbonyl (C=O) groups is 1. The van der Waals surface area contributed by atoms with Gasteiger partial charge in [0.2, 0.25) is 7.28 Å². The van der Waals surface area contributed by atoms with Gasteiger partial charge in [-0.2, -0.15) is 0 Å². The zero-order chi connectivity index (χ0) is 5.11. The highest BCUT2D eigenvalue weighted by atomic mass is 16.1. The third kappa shape index (κ3) is 1.34. The van der Waals surface area contributed by atoms with Crippen LogP contribution in [0, 0.1) is 0 Å². The van der Waals surface area contributed by atoms with E-state index in [4.69, 9.17) is 0 Å². The van der Waals surface area contributed by atoms with E-state index < -0.39 is 0 Å². The van der Waals surface area contributed by atoms with E-state index in [0.29, 0.717) is 5.68 Å². The molecule has 1 rings (SSSR count). The predicted molar refractivity (Wildman–Crippen MR) is 29.4 cm³/mol. The molecule has 1 nitrogen and oxygen atoms in total. The Labute approximate surface area is 44.3 Å². The first kappa shape index (κ1) is 4.88. The minimum Gasteiger partial charge on any atom is -0.312 e. The summed E-state index contributed by atoms with van der Waals surface area (Å²) in [7, 11) is 1.80. The molecule has 0 saturated carbocycles. The van der Waals surface area contributed by atoms with Crippen molar-refractivity contribution in [2.75, 3.05) is 0 Å². The Morgan fingerprint density at radius 2 is 2.29 bits per heavy atom. The normalized spacial score (nSPS) is 21.4. The maximum atomic E-state index is 10.4. The van der Waals surface area contributed by atoms with Gasteiger partial charge in [0, 0.05) is 0 Å². The van der Waals surface area contributed by atoms with Crippen LogP contribution < -0.4 is 0 Å². The molecular formula is C5H8BO. The van der Waals surface area contributed by atoms with Crippen molar-refractivity contribution in [3.8, 4) is 0 Å². The predicted octanol–water partition coefficient (Wildman–Crippen LogP) is 0.819. The average Bonchev–Trinajstić information content (AvgIpc) is 1.69. The van der Waals surface area contributed by atoms with Crippen molar-refractivity contribution in [1.29, 1.82) is 0 Å². The Morgan fingerprint density at radius 3 is 2.57 bits per heavy atom. The molecule has 1 aliphatic heterocycles. The fourth-order valence-corrected chi connectivity index (χ4v) is 0.809. The number of hydrogen-bond donors (Lipinski definition) is 0. The summed E-state index contributed by atoms with van der Waals surface area (Å²) in [6.45, 7) is 0. The van der Waals surface area contributed by atoms with E-state index in [2.05, 4.69) is 0 Å². The number of carbonyl (C=O) groups excluding carboxylic acids is 1. The first-order chi connectivity index (χ1) is 3.39. The first-order valence-corrected chi connectivity index (χ1v) is 2.75. The van der Waals surface area contributed by atoms with Crippen molar-refractivity contribution < 1.29 is 4.79 Å². The lowest BCUT2D eigenvalue weighted by Gasteiger charge is -2.04. The molecule has 2 heteroatoms. The van der Waals surface area contributed by atoms with Crippen LogP contribution in [0.3, 0.4) is 0 Å². The molecule has 1 fully saturated rings. The fraction of sp³-hybridized carbons (Fsp3) is 0.800. The van der Waals surface area contributed by atoms with Gasteiger partial charge in [-0.15, -0.1) is 0 Å². The lowest BCUT2D eigenvalue weighted by molar-refractivity contribution is -0.112. The van der Waals surface area contributed by atoms with Crippen LogP contribution in [-0.4, -0.2) is 13.0 Å². The van der Waals surface area contributed by atoms with Crippen LogP contribution in [0.1, 0.15) is 19.3 Å². The largest absolute Gasteiger partial charge is 0.312 e. The van der Waals surface area contributed by atoms with Crippen LogP contribution in [0.2, 0.25) is 6.32 Å². The second-order valence-electron chi connectivity index (χ2n) is 1.92. The molecule has 0 spiro atoms. The van der Waals surface area contributed by atoms with Crippen LogP contribution in [0.25, 0.3) is 0 Å². The smallest absolute Gasteiger partial charge is 0.202 e. The molecular weight excluding hydrogens is 86.9 g/mol. The van der Waals surface area contributed by atoms with E-state index in [-0.39, 0.29) is 0 Å². The summed E-state index contributed by atoms with van der Waals surface area (Å²) in [6.07, 6.45) is 4.12. The fourth-order valence-electron chi connectivity index (χ4n) is 0.809. The van der Waals surface area contributed by atoms with Gasteiger partial charge in [-0.25, -0.2) is 0 Å². The number of rotatable bonds is 0. The van der Waals surface area contributed by atoms with Gasteiger partial charge in [-0.1, -0.05) is 12.7 Å². The van der Waals surface area contributed by atoms with Crippen LogP contribution in [0.4, 0.5) is 0 Å². The molecule has 0 aliphatic carbocycles. The maximum absolute atomic E-state index is 10.4.